The molecule has 13 nitrogen and oxygen atoms in total. The van der Waals surface area contributed by atoms with Crippen molar-refractivity contribution in [1.29, 1.82) is 0 Å². The predicted octanol–water partition coefficient (Wildman–Crippen LogP) is 26.2. The quantitative estimate of drug-likeness (QED) is 0.0625. The van der Waals surface area contributed by atoms with Crippen LogP contribution >= 0.6 is 12.4 Å². The van der Waals surface area contributed by atoms with Crippen LogP contribution in [-0.4, -0.2) is 37.0 Å². The lowest BCUT2D eigenvalue weighted by molar-refractivity contribution is 0.398. The van der Waals surface area contributed by atoms with Gasteiger partial charge >= 0.3 is 0 Å². The molecule has 0 saturated heterocycles. The zero-order valence-corrected chi connectivity index (χ0v) is 63.5. The Morgan fingerprint density at radius 3 is 1.15 bits per heavy atom. The molecule has 0 aliphatic heterocycles. The molecule has 548 valence electrons. The van der Waals surface area contributed by atoms with E-state index in [-0.39, 0.29) is 18.2 Å². The number of fused-ring (bicyclic) bond motifs is 4. The van der Waals surface area contributed by atoms with Crippen LogP contribution in [0.1, 0.15) is 93.5 Å². The molecule has 0 saturated carbocycles. The highest BCUT2D eigenvalue weighted by atomic mass is 35.5. The minimum atomic E-state index is -0.242. The summed E-state index contributed by atoms with van der Waals surface area (Å²) in [4.78, 5) is 25.0. The van der Waals surface area contributed by atoms with E-state index in [1.807, 2.05) is 126 Å². The van der Waals surface area contributed by atoms with Gasteiger partial charge < -0.3 is 31.2 Å². The van der Waals surface area contributed by atoms with Crippen LogP contribution in [0.25, 0.3) is 133 Å². The number of hydrogen-bond acceptors (Lipinski definition) is 13. The summed E-state index contributed by atoms with van der Waals surface area (Å²) in [5.41, 5.74) is 23.8. The van der Waals surface area contributed by atoms with Crippen molar-refractivity contribution in [2.24, 2.45) is 0 Å². The Morgan fingerprint density at radius 1 is 0.358 bits per heavy atom. The average molecular weight is 1470 g/mol. The molecule has 0 spiro atoms. The van der Waals surface area contributed by atoms with Gasteiger partial charge in [-0.25, -0.2) is 29.3 Å². The Morgan fingerprint density at radius 2 is 0.734 bits per heavy atom. The van der Waals surface area contributed by atoms with E-state index >= 15 is 0 Å². The highest BCUT2D eigenvalue weighted by molar-refractivity contribution is 6.01. The molecule has 0 radical (unpaired) electrons. The number of allylic oxidation sites excluding steroid dienone is 4. The van der Waals surface area contributed by atoms with Crippen LogP contribution in [0.4, 0.5) is 4.39 Å². The van der Waals surface area contributed by atoms with E-state index in [4.69, 9.17) is 31.2 Å². The third kappa shape index (κ3) is 18.3. The largest absolute Gasteiger partial charge is 0.481 e. The number of pyridine rings is 2. The molecule has 6 aromatic carbocycles. The minimum Gasteiger partial charge on any atom is -0.481 e. The average Bonchev–Trinajstić information content (AvgIpc) is 1.64. The van der Waals surface area contributed by atoms with Crippen LogP contribution in [0.3, 0.4) is 0 Å². The van der Waals surface area contributed by atoms with Gasteiger partial charge in [0, 0.05) is 130 Å². The molecule has 10 heterocycles. The third-order valence-electron chi connectivity index (χ3n) is 18.7. The molecule has 0 fully saturated rings. The summed E-state index contributed by atoms with van der Waals surface area (Å²) in [7, 11) is 1.61. The molecule has 0 amide bonds. The predicted molar refractivity (Wildman–Crippen MR) is 440 cm³/mol. The van der Waals surface area contributed by atoms with Crippen LogP contribution in [0.2, 0.25) is 0 Å². The summed E-state index contributed by atoms with van der Waals surface area (Å²) in [5.74, 6) is 7.58. The number of ether oxygens (including phenoxy) is 1. The Balaban J connectivity index is 0.000000135. The fourth-order valence-electron chi connectivity index (χ4n) is 13.1. The Labute approximate surface area is 640 Å². The molecule has 16 rings (SSSR count). The highest BCUT2D eigenvalue weighted by Crippen LogP contribution is 2.43. The Bertz CT molecular complexity index is 5830. The minimum absolute atomic E-state index is 0. The summed E-state index contributed by atoms with van der Waals surface area (Å²) in [6.45, 7) is 30.2. The molecule has 0 atom stereocenters. The van der Waals surface area contributed by atoms with Gasteiger partial charge in [-0.1, -0.05) is 94.6 Å². The fourth-order valence-corrected chi connectivity index (χ4v) is 13.1. The van der Waals surface area contributed by atoms with Gasteiger partial charge in [0.1, 0.15) is 86.9 Å². The molecule has 0 bridgehead atoms. The van der Waals surface area contributed by atoms with Crippen molar-refractivity contribution in [1.82, 2.24) is 29.9 Å². The fraction of sp³-hybridized carbons (Fsp3) is 0.170. The number of furan rings is 6. The van der Waals surface area contributed by atoms with Crippen LogP contribution in [0.15, 0.2) is 301 Å². The summed E-state index contributed by atoms with van der Waals surface area (Å²) in [6.07, 6.45) is 22.5. The van der Waals surface area contributed by atoms with Gasteiger partial charge in [-0.15, -0.1) is 38.7 Å². The molecule has 0 aliphatic carbocycles. The zero-order chi connectivity index (χ0) is 75.4. The number of benzene rings is 6. The Kier molecular flexibility index (Phi) is 24.3. The van der Waals surface area contributed by atoms with E-state index in [2.05, 4.69) is 149 Å². The van der Waals surface area contributed by atoms with Crippen molar-refractivity contribution in [3.8, 4) is 95.3 Å². The van der Waals surface area contributed by atoms with E-state index in [9.17, 15) is 4.39 Å². The molecule has 109 heavy (non-hydrogen) atoms. The first-order chi connectivity index (χ1) is 52.4. The van der Waals surface area contributed by atoms with Crippen molar-refractivity contribution < 1.29 is 35.6 Å². The van der Waals surface area contributed by atoms with E-state index in [1.54, 1.807) is 44.2 Å². The summed E-state index contributed by atoms with van der Waals surface area (Å²) < 4.78 is 55.4. The second-order valence-electron chi connectivity index (χ2n) is 27.6. The molecular formula is C94H86ClFN6O7. The maximum absolute atomic E-state index is 13.4. The van der Waals surface area contributed by atoms with Crippen molar-refractivity contribution in [2.45, 2.75) is 99.8 Å². The highest BCUT2D eigenvalue weighted by Gasteiger charge is 2.24. The Hall–Kier alpha value is -12.5. The van der Waals surface area contributed by atoms with E-state index in [1.165, 1.54) is 35.2 Å². The number of halogens is 2. The van der Waals surface area contributed by atoms with Crippen LogP contribution < -0.4 is 4.74 Å². The summed E-state index contributed by atoms with van der Waals surface area (Å²) >= 11 is 0. The van der Waals surface area contributed by atoms with Gasteiger partial charge in [0.2, 0.25) is 5.88 Å². The van der Waals surface area contributed by atoms with Gasteiger partial charge in [-0.05, 0) is 205 Å². The number of aryl methyl sites for hydroxylation is 7. The number of nitrogens with zero attached hydrogens (tertiary/aromatic N) is 6. The first-order valence-electron chi connectivity index (χ1n) is 36.1. The van der Waals surface area contributed by atoms with Gasteiger partial charge in [0.05, 0.1) is 18.2 Å². The molecule has 10 aromatic heterocycles. The molecule has 16 aromatic rings. The third-order valence-corrected chi connectivity index (χ3v) is 18.7. The lowest BCUT2D eigenvalue weighted by Gasteiger charge is -2.05. The first kappa shape index (κ1) is 76.1. The van der Waals surface area contributed by atoms with E-state index < -0.39 is 0 Å². The number of rotatable bonds is 21. The van der Waals surface area contributed by atoms with Crippen molar-refractivity contribution in [3.05, 3.63) is 320 Å². The summed E-state index contributed by atoms with van der Waals surface area (Å²) in [6, 6.07) is 55.9. The second-order valence-corrected chi connectivity index (χ2v) is 27.6. The molecular weight excluding hydrogens is 1380 g/mol. The SMILES string of the molecule is C=C(C)CCc1oc2cc(-c3ccc(OC)nc3)ccc2c1-c1ccc(C)o1.C=C(C)CCc1oc2cc(-c3cccnc3)ccc2c1-c1ccc(F)cc1.C=C(C)CCc1oc2cc(-c3cncnc3)ccc2c1-c1ccc(C)o1.C=C(C)CCc1oc2ccc(-c3cncnc3)cc2c1-c1ccc(C)cc1.Cl. The van der Waals surface area contributed by atoms with Gasteiger partial charge in [-0.3, -0.25) is 4.98 Å². The van der Waals surface area contributed by atoms with Crippen LogP contribution in [0.5, 0.6) is 5.88 Å². The van der Waals surface area contributed by atoms with Crippen molar-refractivity contribution >= 4 is 56.3 Å². The van der Waals surface area contributed by atoms with Crippen molar-refractivity contribution in [3.63, 3.8) is 0 Å². The van der Waals surface area contributed by atoms with E-state index in [0.29, 0.717) is 5.88 Å². The molecule has 15 heteroatoms. The lowest BCUT2D eigenvalue weighted by Crippen LogP contribution is -1.88. The smallest absolute Gasteiger partial charge is 0.212 e. The molecule has 0 unspecified atom stereocenters. The number of aromatic nitrogens is 6. The standard InChI is InChI=1S/C24H20FNO.C24H22N2O.C24H23NO3.C22H20N2O2.ClH/c1-16(2)5-12-22-24(17-6-9-20(25)10-7-17)21-11-8-18(14-23(21)27-22)19-4-3-13-26-15-19;1-16(2)4-10-23-24(18-7-5-17(3)6-8-18)21-12-19(9-11-22(21)27-23)20-13-25-15-26-14-20;1-15(2)5-10-21-24(20-11-6-16(3)27-20)19-9-7-17(13-22(19)28-21)18-8-12-23(26-4)25-14-18;1-14(2)4-8-20-22(19-9-5-15(3)25-19)18-7-6-16(10-21(18)26-20)17-11-23-13-24-12-17;/h3-4,6-11,13-15H,1,5,12H2,2H3;5-9,11-15H,1,4,10H2,2-3H3;6-9,11-14H,1,5,10H2,2-4H3;5-7,9-13H,1,4,8H2,2-3H3;1H. The monoisotopic (exact) mass is 1460 g/mol. The topological polar surface area (TPSA) is 165 Å². The normalized spacial score (nSPS) is 11.0. The van der Waals surface area contributed by atoms with Gasteiger partial charge in [0.25, 0.3) is 0 Å². The number of hydrogen-bond donors (Lipinski definition) is 0. The lowest BCUT2D eigenvalue weighted by atomic mass is 9.97. The molecule has 0 N–H and O–H groups in total. The maximum Gasteiger partial charge on any atom is 0.212 e. The second kappa shape index (κ2) is 34.8. The van der Waals surface area contributed by atoms with Gasteiger partial charge in [0.15, 0.2) is 0 Å². The maximum atomic E-state index is 13.4. The van der Waals surface area contributed by atoms with Crippen LogP contribution in [0, 0.1) is 26.6 Å². The molecule has 0 aliphatic rings. The zero-order valence-electron chi connectivity index (χ0n) is 62.7. The van der Waals surface area contributed by atoms with Crippen LogP contribution in [-0.2, 0) is 25.7 Å². The summed E-state index contributed by atoms with van der Waals surface area (Å²) in [5, 5.41) is 4.26. The number of methoxy groups -OCH3 is 1. The van der Waals surface area contributed by atoms with E-state index in [0.717, 1.165) is 230 Å². The first-order valence-corrected chi connectivity index (χ1v) is 36.1. The van der Waals surface area contributed by atoms with Crippen molar-refractivity contribution in [2.75, 3.05) is 7.11 Å². The van der Waals surface area contributed by atoms with Gasteiger partial charge in [-0.2, -0.15) is 0 Å².